The van der Waals surface area contributed by atoms with E-state index in [4.69, 9.17) is 11.6 Å². The van der Waals surface area contributed by atoms with E-state index in [1.807, 2.05) is 23.1 Å². The Bertz CT molecular complexity index is 733. The Balaban J connectivity index is 1.44. The lowest BCUT2D eigenvalue weighted by molar-refractivity contribution is -0.128. The average Bonchev–Trinajstić information content (AvgIpc) is 3.12. The molecule has 2 heterocycles. The maximum absolute atomic E-state index is 12.5. The number of hydrogen-bond acceptors (Lipinski definition) is 7. The van der Waals surface area contributed by atoms with Gasteiger partial charge in [0.15, 0.2) is 4.34 Å². The van der Waals surface area contributed by atoms with Crippen LogP contribution in [-0.2, 0) is 4.79 Å². The van der Waals surface area contributed by atoms with Crippen LogP contribution in [0.1, 0.15) is 13.3 Å². The monoisotopic (exact) mass is 411 g/mol. The Morgan fingerprint density at radius 1 is 1.31 bits per heavy atom. The topological polar surface area (TPSA) is 61.4 Å². The van der Waals surface area contributed by atoms with Gasteiger partial charge in [-0.15, -0.1) is 10.2 Å². The molecule has 1 N–H and O–H groups in total. The maximum atomic E-state index is 12.5. The molecule has 1 aromatic heterocycles. The second kappa shape index (κ2) is 9.43. The van der Waals surface area contributed by atoms with Gasteiger partial charge in [0.1, 0.15) is 0 Å². The first kappa shape index (κ1) is 19.3. The molecule has 1 fully saturated rings. The molecule has 3 rings (SSSR count). The fourth-order valence-corrected chi connectivity index (χ4v) is 4.54. The molecule has 0 unspecified atom stereocenters. The third-order valence-corrected chi connectivity index (χ3v) is 6.29. The first-order valence-corrected chi connectivity index (χ1v) is 10.8. The van der Waals surface area contributed by atoms with Gasteiger partial charge < -0.3 is 15.1 Å². The zero-order valence-electron chi connectivity index (χ0n) is 14.7. The minimum Gasteiger partial charge on any atom is -0.368 e. The van der Waals surface area contributed by atoms with Crippen LogP contribution in [0.15, 0.2) is 28.6 Å². The molecule has 140 valence electrons. The van der Waals surface area contributed by atoms with Crippen molar-refractivity contribution in [3.05, 3.63) is 29.3 Å². The number of benzene rings is 1. The van der Waals surface area contributed by atoms with Gasteiger partial charge in [0.2, 0.25) is 11.0 Å². The molecule has 9 heteroatoms. The van der Waals surface area contributed by atoms with Crippen LogP contribution in [0.25, 0.3) is 0 Å². The molecule has 0 atom stereocenters. The average molecular weight is 412 g/mol. The predicted octanol–water partition coefficient (Wildman–Crippen LogP) is 3.45. The van der Waals surface area contributed by atoms with Crippen molar-refractivity contribution < 1.29 is 4.79 Å². The quantitative estimate of drug-likeness (QED) is 0.704. The number of anilines is 2. The lowest BCUT2D eigenvalue weighted by atomic mass is 10.2. The van der Waals surface area contributed by atoms with Crippen LogP contribution >= 0.6 is 34.7 Å². The molecule has 2 aromatic rings. The summed E-state index contributed by atoms with van der Waals surface area (Å²) in [6.07, 6.45) is 1.04. The number of aromatic nitrogens is 2. The zero-order valence-corrected chi connectivity index (χ0v) is 17.0. The third-order valence-electron chi connectivity index (χ3n) is 4.06. The number of thioether (sulfide) groups is 1. The summed E-state index contributed by atoms with van der Waals surface area (Å²) in [6.45, 7) is 6.08. The lowest BCUT2D eigenvalue weighted by Crippen LogP contribution is -2.49. The van der Waals surface area contributed by atoms with Gasteiger partial charge in [0.25, 0.3) is 0 Å². The van der Waals surface area contributed by atoms with Gasteiger partial charge in [-0.25, -0.2) is 0 Å². The number of nitrogens with zero attached hydrogens (tertiary/aromatic N) is 4. The van der Waals surface area contributed by atoms with Crippen molar-refractivity contribution in [2.24, 2.45) is 0 Å². The molecule has 1 amide bonds. The summed E-state index contributed by atoms with van der Waals surface area (Å²) in [5.74, 6) is 0.554. The van der Waals surface area contributed by atoms with Crippen LogP contribution in [0.4, 0.5) is 10.8 Å². The molecule has 0 spiro atoms. The lowest BCUT2D eigenvalue weighted by Gasteiger charge is -2.36. The highest BCUT2D eigenvalue weighted by molar-refractivity contribution is 8.01. The SMILES string of the molecule is CCCNc1nnc(SCC(=O)N2CCN(c3cccc(Cl)c3)CC2)s1. The summed E-state index contributed by atoms with van der Waals surface area (Å²) in [6, 6.07) is 7.85. The van der Waals surface area contributed by atoms with E-state index in [1.54, 1.807) is 0 Å². The molecule has 1 saturated heterocycles. The summed E-state index contributed by atoms with van der Waals surface area (Å²) < 4.78 is 0.828. The van der Waals surface area contributed by atoms with E-state index in [-0.39, 0.29) is 5.91 Å². The fraction of sp³-hybridized carbons (Fsp3) is 0.471. The summed E-state index contributed by atoms with van der Waals surface area (Å²) in [7, 11) is 0. The highest BCUT2D eigenvalue weighted by atomic mass is 35.5. The highest BCUT2D eigenvalue weighted by Crippen LogP contribution is 2.26. The van der Waals surface area contributed by atoms with Gasteiger partial charge in [-0.1, -0.05) is 47.7 Å². The molecule has 1 aliphatic heterocycles. The van der Waals surface area contributed by atoms with Crippen molar-refractivity contribution in [2.75, 3.05) is 48.7 Å². The number of piperazine rings is 1. The van der Waals surface area contributed by atoms with Crippen molar-refractivity contribution in [1.29, 1.82) is 0 Å². The zero-order chi connectivity index (χ0) is 18.4. The second-order valence-corrected chi connectivity index (χ2v) is 8.57. The van der Waals surface area contributed by atoms with Crippen molar-refractivity contribution >= 4 is 51.4 Å². The van der Waals surface area contributed by atoms with E-state index in [0.29, 0.717) is 5.75 Å². The molecule has 1 aromatic carbocycles. The van der Waals surface area contributed by atoms with Crippen LogP contribution in [0.2, 0.25) is 5.02 Å². The first-order chi connectivity index (χ1) is 12.7. The Morgan fingerprint density at radius 2 is 2.12 bits per heavy atom. The van der Waals surface area contributed by atoms with Gasteiger partial charge in [-0.3, -0.25) is 4.79 Å². The molecule has 0 aliphatic carbocycles. The third kappa shape index (κ3) is 5.25. The number of halogens is 1. The van der Waals surface area contributed by atoms with Crippen LogP contribution in [-0.4, -0.2) is 59.5 Å². The number of carbonyl (C=O) groups is 1. The number of amides is 1. The van der Waals surface area contributed by atoms with Crippen molar-refractivity contribution in [3.8, 4) is 0 Å². The van der Waals surface area contributed by atoms with E-state index in [9.17, 15) is 4.79 Å². The normalized spacial score (nSPS) is 14.5. The van der Waals surface area contributed by atoms with Crippen molar-refractivity contribution in [2.45, 2.75) is 17.7 Å². The first-order valence-electron chi connectivity index (χ1n) is 8.64. The number of hydrogen-bond donors (Lipinski definition) is 1. The highest BCUT2D eigenvalue weighted by Gasteiger charge is 2.21. The van der Waals surface area contributed by atoms with Crippen LogP contribution in [0.5, 0.6) is 0 Å². The fourth-order valence-electron chi connectivity index (χ4n) is 2.67. The maximum Gasteiger partial charge on any atom is 0.233 e. The number of rotatable bonds is 7. The van der Waals surface area contributed by atoms with E-state index in [2.05, 4.69) is 33.4 Å². The van der Waals surface area contributed by atoms with Crippen molar-refractivity contribution in [3.63, 3.8) is 0 Å². The van der Waals surface area contributed by atoms with E-state index < -0.39 is 0 Å². The molecule has 0 bridgehead atoms. The van der Waals surface area contributed by atoms with E-state index in [0.717, 1.165) is 59.3 Å². The summed E-state index contributed by atoms with van der Waals surface area (Å²) >= 11 is 9.02. The Labute approximate surface area is 166 Å². The molecule has 6 nitrogen and oxygen atoms in total. The van der Waals surface area contributed by atoms with Crippen molar-refractivity contribution in [1.82, 2.24) is 15.1 Å². The van der Waals surface area contributed by atoms with Crippen LogP contribution < -0.4 is 10.2 Å². The largest absolute Gasteiger partial charge is 0.368 e. The molecule has 26 heavy (non-hydrogen) atoms. The summed E-state index contributed by atoms with van der Waals surface area (Å²) in [5, 5.41) is 13.0. The summed E-state index contributed by atoms with van der Waals surface area (Å²) in [5.41, 5.74) is 1.11. The van der Waals surface area contributed by atoms with Gasteiger partial charge >= 0.3 is 0 Å². The minimum absolute atomic E-state index is 0.152. The van der Waals surface area contributed by atoms with E-state index in [1.165, 1.54) is 23.1 Å². The molecule has 0 radical (unpaired) electrons. The van der Waals surface area contributed by atoms with E-state index >= 15 is 0 Å². The summed E-state index contributed by atoms with van der Waals surface area (Å²) in [4.78, 5) is 16.6. The molecular formula is C17H22ClN5OS2. The Kier molecular flexibility index (Phi) is 6.99. The van der Waals surface area contributed by atoms with Gasteiger partial charge in [0, 0.05) is 43.4 Å². The van der Waals surface area contributed by atoms with Crippen LogP contribution in [0.3, 0.4) is 0 Å². The van der Waals surface area contributed by atoms with Crippen LogP contribution in [0, 0.1) is 0 Å². The second-order valence-electron chi connectivity index (χ2n) is 5.94. The molecule has 1 aliphatic rings. The Hall–Kier alpha value is -1.51. The van der Waals surface area contributed by atoms with Gasteiger partial charge in [-0.05, 0) is 24.6 Å². The van der Waals surface area contributed by atoms with Gasteiger partial charge in [0.05, 0.1) is 5.75 Å². The Morgan fingerprint density at radius 3 is 2.85 bits per heavy atom. The molecular weight excluding hydrogens is 390 g/mol. The minimum atomic E-state index is 0.152. The molecule has 0 saturated carbocycles. The standard InChI is InChI=1S/C17H22ClN5OS2/c1-2-6-19-16-20-21-17(26-16)25-12-15(24)23-9-7-22(8-10-23)14-5-3-4-13(18)11-14/h3-5,11H,2,6-10,12H2,1H3,(H,19,20). The smallest absolute Gasteiger partial charge is 0.233 e. The number of carbonyl (C=O) groups excluding carboxylic acids is 1. The predicted molar refractivity (Wildman–Crippen MR) is 110 cm³/mol. The van der Waals surface area contributed by atoms with Gasteiger partial charge in [-0.2, -0.15) is 0 Å². The number of nitrogens with one attached hydrogen (secondary N) is 1.